The van der Waals surface area contributed by atoms with E-state index in [1.165, 1.54) is 38.5 Å². The van der Waals surface area contributed by atoms with Crippen LogP contribution < -0.4 is 0 Å². The van der Waals surface area contributed by atoms with Gasteiger partial charge in [-0.25, -0.2) is 0 Å². The standard InChI is InChI=1S/C31H56O4/c1-6-9-10-15-18-28-21-20-27(22-29(28)31(33)35-24-26(5)8-3)17-14-12-11-13-16-19-30(32)34-23-25(4)7-2/h20-21,25-29H,6-19,22-24H2,1-5H3. The van der Waals surface area contributed by atoms with Crippen LogP contribution in [0.3, 0.4) is 0 Å². The van der Waals surface area contributed by atoms with Gasteiger partial charge in [-0.3, -0.25) is 9.59 Å². The number of carbonyl (C=O) groups is 2. The molecule has 5 unspecified atom stereocenters. The molecule has 5 atom stereocenters. The van der Waals surface area contributed by atoms with Crippen LogP contribution in [0.5, 0.6) is 0 Å². The molecule has 0 saturated carbocycles. The second-order valence-electron chi connectivity index (χ2n) is 11.1. The van der Waals surface area contributed by atoms with E-state index in [0.717, 1.165) is 51.4 Å². The van der Waals surface area contributed by atoms with Crippen molar-refractivity contribution < 1.29 is 19.1 Å². The van der Waals surface area contributed by atoms with E-state index >= 15 is 0 Å². The fourth-order valence-corrected chi connectivity index (χ4v) is 4.68. The molecule has 0 spiro atoms. The summed E-state index contributed by atoms with van der Waals surface area (Å²) in [5, 5.41) is 0. The molecule has 0 radical (unpaired) electrons. The van der Waals surface area contributed by atoms with Gasteiger partial charge in [0.1, 0.15) is 0 Å². The molecule has 35 heavy (non-hydrogen) atoms. The summed E-state index contributed by atoms with van der Waals surface area (Å²) in [5.41, 5.74) is 0. The highest BCUT2D eigenvalue weighted by molar-refractivity contribution is 5.73. The molecule has 4 heteroatoms. The van der Waals surface area contributed by atoms with Crippen LogP contribution in [-0.4, -0.2) is 25.2 Å². The van der Waals surface area contributed by atoms with Gasteiger partial charge in [0.15, 0.2) is 0 Å². The summed E-state index contributed by atoms with van der Waals surface area (Å²) >= 11 is 0. The number of allylic oxidation sites excluding steroid dienone is 2. The number of carbonyl (C=O) groups excluding carboxylic acids is 2. The molecule has 0 aromatic rings. The molecule has 4 nitrogen and oxygen atoms in total. The average molecular weight is 493 g/mol. The van der Waals surface area contributed by atoms with E-state index in [1.807, 2.05) is 0 Å². The zero-order valence-corrected chi connectivity index (χ0v) is 23.7. The Kier molecular flexibility index (Phi) is 18.0. The third kappa shape index (κ3) is 14.7. The SMILES string of the molecule is CCCCCCC1C=CC(CCCCCCCC(=O)OCC(C)CC)CC1C(=O)OCC(C)CC. The van der Waals surface area contributed by atoms with Crippen LogP contribution in [0, 0.1) is 29.6 Å². The first-order valence-corrected chi connectivity index (χ1v) is 14.9. The fourth-order valence-electron chi connectivity index (χ4n) is 4.68. The van der Waals surface area contributed by atoms with Crippen LogP contribution in [0.25, 0.3) is 0 Å². The summed E-state index contributed by atoms with van der Waals surface area (Å²) < 4.78 is 11.1. The van der Waals surface area contributed by atoms with E-state index in [1.54, 1.807) is 0 Å². The van der Waals surface area contributed by atoms with Gasteiger partial charge in [-0.1, -0.05) is 111 Å². The Morgan fingerprint density at radius 2 is 1.37 bits per heavy atom. The van der Waals surface area contributed by atoms with Gasteiger partial charge in [0.2, 0.25) is 0 Å². The molecule has 0 N–H and O–H groups in total. The molecular weight excluding hydrogens is 436 g/mol. The molecule has 1 aliphatic carbocycles. The van der Waals surface area contributed by atoms with Crippen molar-refractivity contribution in [2.24, 2.45) is 29.6 Å². The van der Waals surface area contributed by atoms with E-state index < -0.39 is 0 Å². The molecule has 1 rings (SSSR count). The molecule has 0 bridgehead atoms. The van der Waals surface area contributed by atoms with Crippen LogP contribution in [-0.2, 0) is 19.1 Å². The first-order chi connectivity index (χ1) is 16.9. The molecule has 204 valence electrons. The maximum atomic E-state index is 13.0. The van der Waals surface area contributed by atoms with Crippen LogP contribution in [0.1, 0.15) is 131 Å². The van der Waals surface area contributed by atoms with E-state index in [2.05, 4.69) is 46.8 Å². The summed E-state index contributed by atoms with van der Waals surface area (Å²) in [6.07, 6.45) is 21.1. The van der Waals surface area contributed by atoms with Crippen molar-refractivity contribution in [2.75, 3.05) is 13.2 Å². The Labute approximate surface area is 217 Å². The number of unbranched alkanes of at least 4 members (excludes halogenated alkanes) is 7. The highest BCUT2D eigenvalue weighted by atomic mass is 16.5. The molecule has 0 aliphatic heterocycles. The second-order valence-corrected chi connectivity index (χ2v) is 11.1. The summed E-state index contributed by atoms with van der Waals surface area (Å²) in [4.78, 5) is 24.8. The van der Waals surface area contributed by atoms with Crippen LogP contribution >= 0.6 is 0 Å². The van der Waals surface area contributed by atoms with Gasteiger partial charge in [0.05, 0.1) is 19.1 Å². The van der Waals surface area contributed by atoms with Gasteiger partial charge >= 0.3 is 11.9 Å². The monoisotopic (exact) mass is 492 g/mol. The minimum atomic E-state index is -0.0480. The molecule has 0 amide bonds. The van der Waals surface area contributed by atoms with Crippen LogP contribution in [0.15, 0.2) is 12.2 Å². The molecule has 0 fully saturated rings. The lowest BCUT2D eigenvalue weighted by molar-refractivity contribution is -0.152. The predicted molar refractivity (Wildman–Crippen MR) is 146 cm³/mol. The van der Waals surface area contributed by atoms with Crippen molar-refractivity contribution in [3.05, 3.63) is 12.2 Å². The molecular formula is C31H56O4. The highest BCUT2D eigenvalue weighted by Gasteiger charge is 2.33. The quantitative estimate of drug-likeness (QED) is 0.0969. The molecule has 1 aliphatic rings. The lowest BCUT2D eigenvalue weighted by Gasteiger charge is -2.31. The zero-order chi connectivity index (χ0) is 25.9. The molecule has 0 heterocycles. The van der Waals surface area contributed by atoms with Crippen molar-refractivity contribution in [1.29, 1.82) is 0 Å². The van der Waals surface area contributed by atoms with E-state index in [0.29, 0.717) is 43.3 Å². The van der Waals surface area contributed by atoms with Crippen molar-refractivity contribution in [1.82, 2.24) is 0 Å². The van der Waals surface area contributed by atoms with E-state index in [-0.39, 0.29) is 17.9 Å². The summed E-state index contributed by atoms with van der Waals surface area (Å²) in [6, 6.07) is 0. The summed E-state index contributed by atoms with van der Waals surface area (Å²) in [6.45, 7) is 11.9. The van der Waals surface area contributed by atoms with Crippen LogP contribution in [0.2, 0.25) is 0 Å². The first kappa shape index (κ1) is 31.7. The van der Waals surface area contributed by atoms with Crippen molar-refractivity contribution in [2.45, 2.75) is 131 Å². The van der Waals surface area contributed by atoms with Gasteiger partial charge in [-0.2, -0.15) is 0 Å². The minimum Gasteiger partial charge on any atom is -0.465 e. The lowest BCUT2D eigenvalue weighted by atomic mass is 9.75. The number of hydrogen-bond acceptors (Lipinski definition) is 4. The van der Waals surface area contributed by atoms with E-state index in [9.17, 15) is 9.59 Å². The summed E-state index contributed by atoms with van der Waals surface area (Å²) in [5.74, 6) is 1.71. The third-order valence-electron chi connectivity index (χ3n) is 7.79. The third-order valence-corrected chi connectivity index (χ3v) is 7.79. The van der Waals surface area contributed by atoms with Gasteiger partial charge < -0.3 is 9.47 Å². The zero-order valence-electron chi connectivity index (χ0n) is 23.7. The number of rotatable bonds is 20. The van der Waals surface area contributed by atoms with Gasteiger partial charge in [0, 0.05) is 6.42 Å². The van der Waals surface area contributed by atoms with Gasteiger partial charge in [-0.15, -0.1) is 0 Å². The molecule has 0 aromatic heterocycles. The summed E-state index contributed by atoms with van der Waals surface area (Å²) in [7, 11) is 0. The number of ether oxygens (including phenoxy) is 2. The number of esters is 2. The maximum Gasteiger partial charge on any atom is 0.309 e. The fraction of sp³-hybridized carbons (Fsp3) is 0.871. The highest BCUT2D eigenvalue weighted by Crippen LogP contribution is 2.35. The average Bonchev–Trinajstić information content (AvgIpc) is 2.87. The normalized spacial score (nSPS) is 21.5. The Morgan fingerprint density at radius 3 is 2.06 bits per heavy atom. The van der Waals surface area contributed by atoms with Crippen molar-refractivity contribution in [3.8, 4) is 0 Å². The topological polar surface area (TPSA) is 52.6 Å². The number of hydrogen-bond donors (Lipinski definition) is 0. The molecule has 0 saturated heterocycles. The Hall–Kier alpha value is -1.32. The smallest absolute Gasteiger partial charge is 0.309 e. The maximum absolute atomic E-state index is 13.0. The van der Waals surface area contributed by atoms with Crippen LogP contribution in [0.4, 0.5) is 0 Å². The van der Waals surface area contributed by atoms with Crippen molar-refractivity contribution in [3.63, 3.8) is 0 Å². The Balaban J connectivity index is 2.35. The van der Waals surface area contributed by atoms with Gasteiger partial charge in [0.25, 0.3) is 0 Å². The second kappa shape index (κ2) is 19.8. The largest absolute Gasteiger partial charge is 0.465 e. The Bertz CT molecular complexity index is 585. The van der Waals surface area contributed by atoms with E-state index in [4.69, 9.17) is 9.47 Å². The minimum absolute atomic E-state index is 0.0251. The predicted octanol–water partition coefficient (Wildman–Crippen LogP) is 8.67. The lowest BCUT2D eigenvalue weighted by Crippen LogP contribution is -2.30. The molecule has 0 aromatic carbocycles. The first-order valence-electron chi connectivity index (χ1n) is 14.9. The van der Waals surface area contributed by atoms with Crippen molar-refractivity contribution >= 4 is 11.9 Å². The van der Waals surface area contributed by atoms with Gasteiger partial charge in [-0.05, 0) is 49.4 Å². The Morgan fingerprint density at radius 1 is 0.771 bits per heavy atom.